The second-order valence-corrected chi connectivity index (χ2v) is 3.44. The Bertz CT molecular complexity index is 356. The number of halogens is 1. The Morgan fingerprint density at radius 1 is 1.23 bits per heavy atom. The number of rotatable bonds is 1. The van der Waals surface area contributed by atoms with Gasteiger partial charge in [-0.15, -0.1) is 5.10 Å². The molecule has 1 aromatic rings. The fourth-order valence-electron chi connectivity index (χ4n) is 1.01. The van der Waals surface area contributed by atoms with Crippen LogP contribution in [0.4, 0.5) is 0 Å². The fourth-order valence-corrected chi connectivity index (χ4v) is 1.27. The average molecular weight is 239 g/mol. The monoisotopic (exact) mass is 238 g/mol. The summed E-state index contributed by atoms with van der Waals surface area (Å²) in [5, 5.41) is 7.66. The van der Waals surface area contributed by atoms with Crippen LogP contribution in [0.5, 0.6) is 0 Å². The van der Waals surface area contributed by atoms with E-state index >= 15 is 0 Å². The van der Waals surface area contributed by atoms with Gasteiger partial charge in [0, 0.05) is 10.0 Å². The van der Waals surface area contributed by atoms with Gasteiger partial charge in [-0.05, 0) is 24.3 Å². The molecule has 3 nitrogen and oxygen atoms in total. The van der Waals surface area contributed by atoms with Gasteiger partial charge in [0.2, 0.25) is 5.90 Å². The molecule has 1 aromatic carbocycles. The summed E-state index contributed by atoms with van der Waals surface area (Å²) in [6.45, 7) is 0.495. The van der Waals surface area contributed by atoms with Crippen molar-refractivity contribution in [3.05, 3.63) is 34.3 Å². The summed E-state index contributed by atoms with van der Waals surface area (Å²) in [5.74, 6) is 0.579. The zero-order valence-corrected chi connectivity index (χ0v) is 8.36. The van der Waals surface area contributed by atoms with E-state index in [0.717, 1.165) is 10.0 Å². The number of ether oxygens (including phenoxy) is 1. The largest absolute Gasteiger partial charge is 0.470 e. The highest BCUT2D eigenvalue weighted by Crippen LogP contribution is 2.12. The first-order valence-corrected chi connectivity index (χ1v) is 4.64. The van der Waals surface area contributed by atoms with Crippen LogP contribution in [0.1, 0.15) is 5.56 Å². The SMILES string of the molecule is Brc1ccc(C2=NN=CCO2)cc1. The minimum Gasteiger partial charge on any atom is -0.470 e. The summed E-state index contributed by atoms with van der Waals surface area (Å²) in [4.78, 5) is 0. The molecule has 66 valence electrons. The number of nitrogens with zero attached hydrogens (tertiary/aromatic N) is 2. The molecule has 0 spiro atoms. The molecule has 0 saturated heterocycles. The third-order valence-electron chi connectivity index (χ3n) is 1.62. The highest BCUT2D eigenvalue weighted by atomic mass is 79.9. The van der Waals surface area contributed by atoms with Gasteiger partial charge < -0.3 is 4.74 Å². The van der Waals surface area contributed by atoms with Crippen LogP contribution < -0.4 is 0 Å². The van der Waals surface area contributed by atoms with Gasteiger partial charge in [-0.25, -0.2) is 0 Å². The first-order chi connectivity index (χ1) is 6.36. The number of hydrogen-bond donors (Lipinski definition) is 0. The van der Waals surface area contributed by atoms with Crippen LogP contribution in [-0.2, 0) is 4.74 Å². The molecule has 0 aliphatic carbocycles. The van der Waals surface area contributed by atoms with E-state index in [4.69, 9.17) is 4.74 Å². The van der Waals surface area contributed by atoms with Gasteiger partial charge in [-0.1, -0.05) is 15.9 Å². The van der Waals surface area contributed by atoms with Gasteiger partial charge in [0.15, 0.2) is 0 Å². The van der Waals surface area contributed by atoms with Crippen molar-refractivity contribution >= 4 is 28.0 Å². The Kier molecular flexibility index (Phi) is 2.40. The standard InChI is InChI=1S/C9H7BrN2O/c10-8-3-1-7(2-4-8)9-12-11-5-6-13-9/h1-5H,6H2. The first-order valence-electron chi connectivity index (χ1n) is 3.84. The van der Waals surface area contributed by atoms with Crippen molar-refractivity contribution in [2.75, 3.05) is 6.61 Å². The van der Waals surface area contributed by atoms with Crippen LogP contribution in [0.2, 0.25) is 0 Å². The van der Waals surface area contributed by atoms with Gasteiger partial charge in [0.25, 0.3) is 0 Å². The molecule has 0 unspecified atom stereocenters. The number of benzene rings is 1. The van der Waals surface area contributed by atoms with E-state index in [0.29, 0.717) is 12.5 Å². The molecule has 0 atom stereocenters. The normalized spacial score (nSPS) is 15.0. The van der Waals surface area contributed by atoms with E-state index < -0.39 is 0 Å². The molecule has 0 amide bonds. The van der Waals surface area contributed by atoms with Crippen LogP contribution in [-0.4, -0.2) is 18.7 Å². The Balaban J connectivity index is 2.30. The smallest absolute Gasteiger partial charge is 0.241 e. The molecule has 0 bridgehead atoms. The summed E-state index contributed by atoms with van der Waals surface area (Å²) in [7, 11) is 0. The molecule has 0 radical (unpaired) electrons. The third-order valence-corrected chi connectivity index (χ3v) is 2.14. The van der Waals surface area contributed by atoms with E-state index in [1.54, 1.807) is 6.21 Å². The van der Waals surface area contributed by atoms with Crippen LogP contribution in [0.15, 0.2) is 38.9 Å². The zero-order valence-electron chi connectivity index (χ0n) is 6.77. The first kappa shape index (κ1) is 8.44. The molecule has 0 aromatic heterocycles. The topological polar surface area (TPSA) is 34.0 Å². The van der Waals surface area contributed by atoms with Gasteiger partial charge in [0.1, 0.15) is 6.61 Å². The van der Waals surface area contributed by atoms with Crippen molar-refractivity contribution in [1.82, 2.24) is 0 Å². The quantitative estimate of drug-likeness (QED) is 0.739. The van der Waals surface area contributed by atoms with E-state index in [9.17, 15) is 0 Å². The molecule has 1 aliphatic rings. The molecular formula is C9H7BrN2O. The zero-order chi connectivity index (χ0) is 9.10. The van der Waals surface area contributed by atoms with Gasteiger partial charge in [0.05, 0.1) is 6.21 Å². The Morgan fingerprint density at radius 3 is 2.62 bits per heavy atom. The Morgan fingerprint density at radius 2 is 2.00 bits per heavy atom. The number of hydrogen-bond acceptors (Lipinski definition) is 3. The molecule has 1 heterocycles. The van der Waals surface area contributed by atoms with Gasteiger partial charge in [-0.2, -0.15) is 5.10 Å². The average Bonchev–Trinajstić information content (AvgIpc) is 2.20. The lowest BCUT2D eigenvalue weighted by Crippen LogP contribution is -2.11. The van der Waals surface area contributed by atoms with Crippen LogP contribution in [0.3, 0.4) is 0 Å². The summed E-state index contributed by atoms with van der Waals surface area (Å²) < 4.78 is 6.33. The lowest BCUT2D eigenvalue weighted by atomic mass is 10.2. The van der Waals surface area contributed by atoms with E-state index in [1.807, 2.05) is 24.3 Å². The van der Waals surface area contributed by atoms with Crippen molar-refractivity contribution in [2.24, 2.45) is 10.2 Å². The van der Waals surface area contributed by atoms with Crippen LogP contribution in [0, 0.1) is 0 Å². The second-order valence-electron chi connectivity index (χ2n) is 2.52. The maximum absolute atomic E-state index is 5.29. The van der Waals surface area contributed by atoms with Crippen molar-refractivity contribution in [3.63, 3.8) is 0 Å². The lowest BCUT2D eigenvalue weighted by molar-refractivity contribution is 0.361. The molecule has 4 heteroatoms. The molecule has 2 rings (SSSR count). The molecule has 1 aliphatic heterocycles. The van der Waals surface area contributed by atoms with Crippen LogP contribution >= 0.6 is 15.9 Å². The highest BCUT2D eigenvalue weighted by Gasteiger charge is 2.06. The second kappa shape index (κ2) is 3.70. The summed E-state index contributed by atoms with van der Waals surface area (Å²) in [6, 6.07) is 7.76. The van der Waals surface area contributed by atoms with Crippen molar-refractivity contribution in [1.29, 1.82) is 0 Å². The van der Waals surface area contributed by atoms with Gasteiger partial charge in [-0.3, -0.25) is 0 Å². The van der Waals surface area contributed by atoms with Gasteiger partial charge >= 0.3 is 0 Å². The minimum atomic E-state index is 0.495. The van der Waals surface area contributed by atoms with Crippen molar-refractivity contribution in [2.45, 2.75) is 0 Å². The maximum Gasteiger partial charge on any atom is 0.241 e. The predicted octanol–water partition coefficient (Wildman–Crippen LogP) is 2.21. The summed E-state index contributed by atoms with van der Waals surface area (Å²) >= 11 is 3.36. The van der Waals surface area contributed by atoms with Crippen molar-refractivity contribution in [3.8, 4) is 0 Å². The minimum absolute atomic E-state index is 0.495. The molecule has 0 N–H and O–H groups in total. The fraction of sp³-hybridized carbons (Fsp3) is 0.111. The lowest BCUT2D eigenvalue weighted by Gasteiger charge is -2.08. The van der Waals surface area contributed by atoms with Crippen molar-refractivity contribution < 1.29 is 4.74 Å². The highest BCUT2D eigenvalue weighted by molar-refractivity contribution is 9.10. The molecule has 0 saturated carbocycles. The summed E-state index contributed by atoms with van der Waals surface area (Å²) in [5.41, 5.74) is 0.944. The molecule has 13 heavy (non-hydrogen) atoms. The molecular weight excluding hydrogens is 232 g/mol. The predicted molar refractivity (Wildman–Crippen MR) is 55.1 cm³/mol. The van der Waals surface area contributed by atoms with E-state index in [-0.39, 0.29) is 0 Å². The van der Waals surface area contributed by atoms with E-state index in [1.165, 1.54) is 0 Å². The van der Waals surface area contributed by atoms with Crippen LogP contribution in [0.25, 0.3) is 0 Å². The Hall–Kier alpha value is -1.16. The summed E-state index contributed by atoms with van der Waals surface area (Å²) in [6.07, 6.45) is 1.63. The Labute approximate surface area is 84.3 Å². The molecule has 0 fully saturated rings. The van der Waals surface area contributed by atoms with E-state index in [2.05, 4.69) is 26.1 Å². The third kappa shape index (κ3) is 1.95. The maximum atomic E-state index is 5.29.